The Morgan fingerprint density at radius 3 is 1.22 bits per heavy atom. The molecular formula is C70H42N2O4. The van der Waals surface area contributed by atoms with Gasteiger partial charge in [0.05, 0.1) is 22.7 Å². The van der Waals surface area contributed by atoms with Crippen molar-refractivity contribution in [1.82, 2.24) is 0 Å². The minimum Gasteiger partial charge on any atom is -0.456 e. The van der Waals surface area contributed by atoms with Gasteiger partial charge < -0.3 is 27.5 Å². The molecule has 0 unspecified atom stereocenters. The lowest BCUT2D eigenvalue weighted by Gasteiger charge is -2.25. The number of nitrogens with zero attached hydrogens (tertiary/aromatic N) is 2. The first kappa shape index (κ1) is 42.2. The van der Waals surface area contributed by atoms with Crippen LogP contribution >= 0.6 is 0 Å². The van der Waals surface area contributed by atoms with Gasteiger partial charge in [-0.2, -0.15) is 0 Å². The second-order valence-corrected chi connectivity index (χ2v) is 19.5. The van der Waals surface area contributed by atoms with Gasteiger partial charge in [0.15, 0.2) is 11.2 Å². The molecule has 0 saturated carbocycles. The SMILES string of the molecule is c1ccc(-c2c3cc4oc5cc(N(c6ccccc6)c6cccc7c6oc6ccccc67)ccc5c4c(-c4ccccc4)c3cc3c2oc2cc(N(c4ccccc4)c4cccc5c4oc4ccccc45)ccc23)cc1. The molecule has 4 aromatic heterocycles. The van der Waals surface area contributed by atoms with E-state index < -0.39 is 0 Å². The lowest BCUT2D eigenvalue weighted by atomic mass is 9.88. The third-order valence-electron chi connectivity index (χ3n) is 15.2. The van der Waals surface area contributed by atoms with Crippen LogP contribution in [0.25, 0.3) is 121 Å². The predicted molar refractivity (Wildman–Crippen MR) is 313 cm³/mol. The van der Waals surface area contributed by atoms with Gasteiger partial charge in [-0.3, -0.25) is 0 Å². The number of rotatable bonds is 8. The first-order valence-corrected chi connectivity index (χ1v) is 25.6. The lowest BCUT2D eigenvalue weighted by Crippen LogP contribution is -2.09. The van der Waals surface area contributed by atoms with Crippen LogP contribution in [0.3, 0.4) is 0 Å². The van der Waals surface area contributed by atoms with Gasteiger partial charge in [-0.1, -0.05) is 158 Å². The van der Waals surface area contributed by atoms with Crippen molar-refractivity contribution in [3.05, 3.63) is 255 Å². The highest BCUT2D eigenvalue weighted by molar-refractivity contribution is 6.28. The lowest BCUT2D eigenvalue weighted by molar-refractivity contribution is 0.667. The van der Waals surface area contributed by atoms with Crippen molar-refractivity contribution in [2.45, 2.75) is 0 Å². The molecule has 0 saturated heterocycles. The number of anilines is 6. The molecule has 356 valence electrons. The largest absolute Gasteiger partial charge is 0.456 e. The molecule has 4 heterocycles. The van der Waals surface area contributed by atoms with E-state index in [0.29, 0.717) is 0 Å². The third kappa shape index (κ3) is 6.41. The average molecular weight is 975 g/mol. The van der Waals surface area contributed by atoms with Gasteiger partial charge in [0.25, 0.3) is 0 Å². The van der Waals surface area contributed by atoms with Crippen LogP contribution in [-0.2, 0) is 0 Å². The van der Waals surface area contributed by atoms with E-state index in [2.05, 4.69) is 228 Å². The summed E-state index contributed by atoms with van der Waals surface area (Å²) in [7, 11) is 0. The van der Waals surface area contributed by atoms with Gasteiger partial charge in [0, 0.05) is 77.7 Å². The van der Waals surface area contributed by atoms with Crippen molar-refractivity contribution in [3.63, 3.8) is 0 Å². The molecule has 16 rings (SSSR count). The van der Waals surface area contributed by atoms with Gasteiger partial charge in [0.1, 0.15) is 33.5 Å². The molecule has 0 N–H and O–H groups in total. The summed E-state index contributed by atoms with van der Waals surface area (Å²) in [5, 5.41) is 10.6. The molecule has 6 heteroatoms. The molecule has 0 amide bonds. The normalized spacial score (nSPS) is 11.9. The second-order valence-electron chi connectivity index (χ2n) is 19.5. The van der Waals surface area contributed by atoms with E-state index in [9.17, 15) is 0 Å². The van der Waals surface area contributed by atoms with Gasteiger partial charge >= 0.3 is 0 Å². The van der Waals surface area contributed by atoms with Crippen LogP contribution in [0.2, 0.25) is 0 Å². The molecule has 76 heavy (non-hydrogen) atoms. The van der Waals surface area contributed by atoms with Crippen LogP contribution in [0.4, 0.5) is 34.1 Å². The first-order chi connectivity index (χ1) is 37.7. The Morgan fingerprint density at radius 1 is 0.224 bits per heavy atom. The van der Waals surface area contributed by atoms with Crippen molar-refractivity contribution >= 4 is 133 Å². The van der Waals surface area contributed by atoms with Crippen molar-refractivity contribution < 1.29 is 17.7 Å². The maximum absolute atomic E-state index is 7.24. The maximum atomic E-state index is 7.24. The van der Waals surface area contributed by atoms with Crippen molar-refractivity contribution in [3.8, 4) is 22.3 Å². The summed E-state index contributed by atoms with van der Waals surface area (Å²) in [5.74, 6) is 0. The molecule has 0 aliphatic rings. The molecule has 0 aliphatic carbocycles. The average Bonchev–Trinajstić information content (AvgIpc) is 4.37. The summed E-state index contributed by atoms with van der Waals surface area (Å²) in [6.45, 7) is 0. The molecule has 0 fully saturated rings. The van der Waals surface area contributed by atoms with Crippen LogP contribution in [0, 0.1) is 0 Å². The monoisotopic (exact) mass is 974 g/mol. The number of hydrogen-bond acceptors (Lipinski definition) is 6. The second kappa shape index (κ2) is 16.6. The minimum atomic E-state index is 0.780. The van der Waals surface area contributed by atoms with E-state index in [-0.39, 0.29) is 0 Å². The molecule has 16 aromatic rings. The Morgan fingerprint density at radius 2 is 0.658 bits per heavy atom. The summed E-state index contributed by atoms with van der Waals surface area (Å²) < 4.78 is 27.7. The summed E-state index contributed by atoms with van der Waals surface area (Å²) in [6.07, 6.45) is 0. The van der Waals surface area contributed by atoms with Crippen LogP contribution in [-0.4, -0.2) is 0 Å². The maximum Gasteiger partial charge on any atom is 0.159 e. The number of fused-ring (bicyclic) bond motifs is 13. The van der Waals surface area contributed by atoms with E-state index in [1.807, 2.05) is 36.4 Å². The molecule has 6 nitrogen and oxygen atoms in total. The summed E-state index contributed by atoms with van der Waals surface area (Å²) in [4.78, 5) is 4.53. The molecule has 0 bridgehead atoms. The van der Waals surface area contributed by atoms with E-state index >= 15 is 0 Å². The number of benzene rings is 12. The van der Waals surface area contributed by atoms with E-state index in [1.54, 1.807) is 0 Å². The fourth-order valence-electron chi connectivity index (χ4n) is 11.9. The van der Waals surface area contributed by atoms with E-state index in [4.69, 9.17) is 17.7 Å². The summed E-state index contributed by atoms with van der Waals surface area (Å²) >= 11 is 0. The Kier molecular flexibility index (Phi) is 9.23. The molecule has 0 spiro atoms. The van der Waals surface area contributed by atoms with Crippen LogP contribution in [0.1, 0.15) is 0 Å². The highest BCUT2D eigenvalue weighted by Gasteiger charge is 2.27. The van der Waals surface area contributed by atoms with E-state index in [1.165, 1.54) is 0 Å². The molecule has 0 aliphatic heterocycles. The van der Waals surface area contributed by atoms with E-state index in [0.717, 1.165) is 155 Å². The van der Waals surface area contributed by atoms with Gasteiger partial charge in [0.2, 0.25) is 0 Å². The quantitative estimate of drug-likeness (QED) is 0.151. The minimum absolute atomic E-state index is 0.780. The standard InChI is InChI=1S/C70H42N2O4/c1-5-19-43(20-6-1)65-55-41-57-51-37-35-47(71(45-23-9-3-10-24-45)58-31-17-29-52-49-27-13-15-33-60(49)74-68(52)58)39-62(51)76-70(57)66(44-21-7-2-8-22-44)56(55)42-64-67(65)54-38-36-48(40-63(54)73-64)72(46-25-11-4-12-26-46)59-32-18-30-53-50-28-14-16-34-61(50)75-69(53)59/h1-42H. The molecule has 0 atom stereocenters. The van der Waals surface area contributed by atoms with Crippen LogP contribution in [0.15, 0.2) is 272 Å². The topological polar surface area (TPSA) is 59.0 Å². The Labute approximate surface area is 435 Å². The highest BCUT2D eigenvalue weighted by Crippen LogP contribution is 2.51. The van der Waals surface area contributed by atoms with Gasteiger partial charge in [-0.25, -0.2) is 0 Å². The van der Waals surface area contributed by atoms with Crippen molar-refractivity contribution in [2.75, 3.05) is 9.80 Å². The van der Waals surface area contributed by atoms with Crippen LogP contribution in [0.5, 0.6) is 0 Å². The summed E-state index contributed by atoms with van der Waals surface area (Å²) in [6, 6.07) is 89.3. The third-order valence-corrected chi connectivity index (χ3v) is 15.2. The Balaban J connectivity index is 0.933. The first-order valence-electron chi connectivity index (χ1n) is 25.6. The molecule has 0 radical (unpaired) electrons. The molecular weight excluding hydrogens is 933 g/mol. The van der Waals surface area contributed by atoms with Gasteiger partial charge in [-0.15, -0.1) is 0 Å². The zero-order valence-corrected chi connectivity index (χ0v) is 40.8. The zero-order valence-electron chi connectivity index (χ0n) is 40.8. The Hall–Kier alpha value is -10.3. The number of furan rings is 4. The predicted octanol–water partition coefficient (Wildman–Crippen LogP) is 20.7. The molecule has 12 aromatic carbocycles. The number of hydrogen-bond donors (Lipinski definition) is 0. The fraction of sp³-hybridized carbons (Fsp3) is 0. The smallest absolute Gasteiger partial charge is 0.159 e. The highest BCUT2D eigenvalue weighted by atomic mass is 16.3. The van der Waals surface area contributed by atoms with Crippen LogP contribution < -0.4 is 9.80 Å². The fourth-order valence-corrected chi connectivity index (χ4v) is 11.9. The Bertz CT molecular complexity index is 4770. The van der Waals surface area contributed by atoms with Crippen molar-refractivity contribution in [2.24, 2.45) is 0 Å². The zero-order chi connectivity index (χ0) is 49.8. The van der Waals surface area contributed by atoms with Gasteiger partial charge in [-0.05, 0) is 107 Å². The summed E-state index contributed by atoms with van der Waals surface area (Å²) in [5.41, 5.74) is 16.6. The number of para-hydroxylation sites is 6. The van der Waals surface area contributed by atoms with Crippen molar-refractivity contribution in [1.29, 1.82) is 0 Å².